The van der Waals surface area contributed by atoms with Crippen LogP contribution in [0.1, 0.15) is 47.5 Å². The minimum Gasteiger partial charge on any atom is -0.249 e. The predicted octanol–water partition coefficient (Wildman–Crippen LogP) is 3.13. The number of nitroso groups, excluding NO2 is 1. The van der Waals surface area contributed by atoms with Crippen molar-refractivity contribution in [2.24, 2.45) is 17.8 Å². The molecule has 1 fully saturated rings. The number of alkyl halides is 1. The maximum absolute atomic E-state index is 13.8. The van der Waals surface area contributed by atoms with E-state index in [-0.39, 0.29) is 18.1 Å². The van der Waals surface area contributed by atoms with Crippen LogP contribution in [0.2, 0.25) is 0 Å². The van der Waals surface area contributed by atoms with Gasteiger partial charge in [-0.25, -0.2) is 9.71 Å². The Kier molecular flexibility index (Phi) is 5.70. The van der Waals surface area contributed by atoms with Crippen LogP contribution in [0.3, 0.4) is 0 Å². The highest BCUT2D eigenvalue weighted by Crippen LogP contribution is 2.29. The molecule has 0 bridgehead atoms. The van der Waals surface area contributed by atoms with E-state index in [4.69, 9.17) is 0 Å². The van der Waals surface area contributed by atoms with Gasteiger partial charge in [-0.05, 0) is 25.2 Å². The standard InChI is InChI=1S/C14H28FN2O/c1-6-9(2)10(3)7-13(12(5)15)14-16-8-11(4)17(14)18/h9-14,16H,6-8H2,1-5H3/q+1. The van der Waals surface area contributed by atoms with Gasteiger partial charge in [0.05, 0.1) is 12.5 Å². The summed E-state index contributed by atoms with van der Waals surface area (Å²) in [6, 6.07) is -0.0462. The van der Waals surface area contributed by atoms with Gasteiger partial charge in [0.15, 0.2) is 0 Å². The summed E-state index contributed by atoms with van der Waals surface area (Å²) < 4.78 is 14.9. The lowest BCUT2D eigenvalue weighted by Crippen LogP contribution is -2.42. The summed E-state index contributed by atoms with van der Waals surface area (Å²) in [6.07, 6.45) is 0.571. The van der Waals surface area contributed by atoms with E-state index in [9.17, 15) is 9.30 Å². The van der Waals surface area contributed by atoms with Crippen molar-refractivity contribution >= 4 is 0 Å². The highest BCUT2D eigenvalue weighted by Gasteiger charge is 2.46. The average Bonchev–Trinajstić information content (AvgIpc) is 2.65. The largest absolute Gasteiger partial charge is 0.260 e. The first-order valence-corrected chi connectivity index (χ1v) is 7.21. The zero-order valence-corrected chi connectivity index (χ0v) is 12.3. The molecule has 18 heavy (non-hydrogen) atoms. The van der Waals surface area contributed by atoms with E-state index in [2.05, 4.69) is 26.1 Å². The minimum absolute atomic E-state index is 0.0462. The van der Waals surface area contributed by atoms with Gasteiger partial charge in [0, 0.05) is 16.6 Å². The number of nitrogens with zero attached hydrogens (tertiary/aromatic N) is 1. The zero-order valence-electron chi connectivity index (χ0n) is 12.3. The molecule has 1 aliphatic heterocycles. The lowest BCUT2D eigenvalue weighted by Gasteiger charge is -2.26. The molecule has 1 aliphatic rings. The van der Waals surface area contributed by atoms with Gasteiger partial charge in [-0.3, -0.25) is 0 Å². The monoisotopic (exact) mass is 259 g/mol. The first-order valence-electron chi connectivity index (χ1n) is 7.21. The van der Waals surface area contributed by atoms with E-state index < -0.39 is 6.17 Å². The summed E-state index contributed by atoms with van der Waals surface area (Å²) in [5.74, 6) is 0.811. The van der Waals surface area contributed by atoms with Crippen LogP contribution in [0.15, 0.2) is 0 Å². The van der Waals surface area contributed by atoms with Crippen molar-refractivity contribution < 1.29 is 9.15 Å². The molecule has 0 aromatic rings. The molecular weight excluding hydrogens is 231 g/mol. The van der Waals surface area contributed by atoms with Crippen LogP contribution in [0.25, 0.3) is 0 Å². The molecule has 0 saturated carbocycles. The normalized spacial score (nSPS) is 31.1. The molecule has 1 heterocycles. The maximum atomic E-state index is 13.8. The molecule has 1 saturated heterocycles. The summed E-state index contributed by atoms with van der Waals surface area (Å²) in [5, 5.41) is 3.17. The second kappa shape index (κ2) is 6.60. The van der Waals surface area contributed by atoms with Crippen molar-refractivity contribution in [2.45, 2.75) is 65.8 Å². The Hall–Kier alpha value is -0.510. The summed E-state index contributed by atoms with van der Waals surface area (Å²) in [7, 11) is 0. The number of rotatable bonds is 6. The topological polar surface area (TPSA) is 32.1 Å². The number of hydrogen-bond donors (Lipinski definition) is 1. The number of halogens is 1. The van der Waals surface area contributed by atoms with Crippen LogP contribution in [0, 0.1) is 22.7 Å². The molecule has 0 spiro atoms. The molecule has 6 atom stereocenters. The molecule has 106 valence electrons. The molecule has 0 aliphatic carbocycles. The van der Waals surface area contributed by atoms with Gasteiger partial charge < -0.3 is 0 Å². The first kappa shape index (κ1) is 15.5. The van der Waals surface area contributed by atoms with E-state index in [1.807, 2.05) is 6.92 Å². The van der Waals surface area contributed by atoms with Crippen LogP contribution in [-0.2, 0) is 0 Å². The van der Waals surface area contributed by atoms with Gasteiger partial charge in [0.2, 0.25) is 6.04 Å². The van der Waals surface area contributed by atoms with E-state index >= 15 is 0 Å². The van der Waals surface area contributed by atoms with Crippen molar-refractivity contribution in [3.63, 3.8) is 0 Å². The van der Waals surface area contributed by atoms with Crippen LogP contribution in [0.5, 0.6) is 0 Å². The van der Waals surface area contributed by atoms with E-state index in [0.717, 1.165) is 17.6 Å². The van der Waals surface area contributed by atoms with Crippen molar-refractivity contribution in [1.82, 2.24) is 5.32 Å². The quantitative estimate of drug-likeness (QED) is 0.743. The second-order valence-electron chi connectivity index (χ2n) is 6.00. The van der Waals surface area contributed by atoms with Gasteiger partial charge in [-0.15, -0.1) is 0 Å². The van der Waals surface area contributed by atoms with Crippen LogP contribution >= 0.6 is 0 Å². The zero-order chi connectivity index (χ0) is 13.9. The van der Waals surface area contributed by atoms with E-state index in [1.54, 1.807) is 6.92 Å². The maximum Gasteiger partial charge on any atom is 0.260 e. The Morgan fingerprint density at radius 1 is 1.33 bits per heavy atom. The van der Waals surface area contributed by atoms with Crippen molar-refractivity contribution in [1.29, 1.82) is 0 Å². The molecule has 4 heteroatoms. The third kappa shape index (κ3) is 3.50. The van der Waals surface area contributed by atoms with Crippen molar-refractivity contribution in [3.05, 3.63) is 4.91 Å². The van der Waals surface area contributed by atoms with Crippen LogP contribution in [-0.4, -0.2) is 29.7 Å². The fourth-order valence-corrected chi connectivity index (χ4v) is 2.72. The van der Waals surface area contributed by atoms with Crippen molar-refractivity contribution in [3.8, 4) is 0 Å². The second-order valence-corrected chi connectivity index (χ2v) is 6.00. The summed E-state index contributed by atoms with van der Waals surface area (Å²) in [6.45, 7) is 10.6. The van der Waals surface area contributed by atoms with Gasteiger partial charge >= 0.3 is 0 Å². The Balaban J connectivity index is 2.69. The number of hydrogen-bond acceptors (Lipinski definition) is 2. The fourth-order valence-electron chi connectivity index (χ4n) is 2.72. The molecule has 6 unspecified atom stereocenters. The Bertz CT molecular complexity index is 283. The van der Waals surface area contributed by atoms with Gasteiger partial charge in [0.25, 0.3) is 6.17 Å². The predicted molar refractivity (Wildman–Crippen MR) is 72.2 cm³/mol. The summed E-state index contributed by atoms with van der Waals surface area (Å²) >= 11 is 0. The highest BCUT2D eigenvalue weighted by atomic mass is 19.1. The van der Waals surface area contributed by atoms with Crippen LogP contribution in [0.4, 0.5) is 4.39 Å². The van der Waals surface area contributed by atoms with E-state index in [0.29, 0.717) is 18.4 Å². The van der Waals surface area contributed by atoms with Crippen molar-refractivity contribution in [2.75, 3.05) is 6.54 Å². The van der Waals surface area contributed by atoms with Crippen LogP contribution < -0.4 is 5.32 Å². The van der Waals surface area contributed by atoms with Gasteiger partial charge in [-0.1, -0.05) is 27.2 Å². The molecule has 0 radical (unpaired) electrons. The highest BCUT2D eigenvalue weighted by molar-refractivity contribution is 4.80. The minimum atomic E-state index is -0.948. The molecule has 0 aromatic heterocycles. The molecule has 0 amide bonds. The number of nitrogens with one attached hydrogen (secondary N) is 1. The lowest BCUT2D eigenvalue weighted by atomic mass is 9.82. The van der Waals surface area contributed by atoms with Gasteiger partial charge in [0.1, 0.15) is 6.17 Å². The molecule has 1 N–H and O–H groups in total. The summed E-state index contributed by atoms with van der Waals surface area (Å²) in [4.78, 5) is 12.0. The molecular formula is C14H28FN2O+. The Labute approximate surface area is 110 Å². The SMILES string of the molecule is CCC(C)C(C)CC(C(C)F)C1NCC(C)[N+]1=O. The smallest absolute Gasteiger partial charge is 0.249 e. The Morgan fingerprint density at radius 2 is 1.94 bits per heavy atom. The van der Waals surface area contributed by atoms with Gasteiger partial charge in [-0.2, -0.15) is 0 Å². The fraction of sp³-hybridized carbons (Fsp3) is 1.00. The summed E-state index contributed by atoms with van der Waals surface area (Å²) in [5.41, 5.74) is 0. The molecule has 1 rings (SSSR count). The third-order valence-electron chi connectivity index (χ3n) is 4.59. The average molecular weight is 259 g/mol. The van der Waals surface area contributed by atoms with E-state index in [1.165, 1.54) is 0 Å². The Morgan fingerprint density at radius 3 is 2.33 bits per heavy atom. The first-order chi connectivity index (χ1) is 8.38. The molecule has 0 aromatic carbocycles. The molecule has 3 nitrogen and oxygen atoms in total. The third-order valence-corrected chi connectivity index (χ3v) is 4.59. The lowest BCUT2D eigenvalue weighted by molar-refractivity contribution is -0.605.